The van der Waals surface area contributed by atoms with Crippen LogP contribution in [-0.2, 0) is 17.1 Å². The molecule has 0 spiro atoms. The maximum absolute atomic E-state index is 13.2. The number of para-hydroxylation sites is 1. The summed E-state index contributed by atoms with van der Waals surface area (Å²) in [5, 5.41) is 0.810. The molecule has 4 nitrogen and oxygen atoms in total. The quantitative estimate of drug-likeness (QED) is 0.221. The monoisotopic (exact) mass is 514 g/mol. The van der Waals surface area contributed by atoms with E-state index in [1.54, 1.807) is 36.5 Å². The summed E-state index contributed by atoms with van der Waals surface area (Å²) in [7, 11) is -1.78. The Kier molecular flexibility index (Phi) is 6.10. The molecule has 6 heteroatoms. The first-order valence-corrected chi connectivity index (χ1v) is 10.3. The van der Waals surface area contributed by atoms with Crippen molar-refractivity contribution in [3.8, 4) is 11.8 Å². The maximum atomic E-state index is 13.2. The van der Waals surface area contributed by atoms with E-state index in [0.717, 1.165) is 16.6 Å². The predicted molar refractivity (Wildman–Crippen MR) is 109 cm³/mol. The highest BCUT2D eigenvalue weighted by molar-refractivity contribution is 7.90. The van der Waals surface area contributed by atoms with Crippen LogP contribution in [0.15, 0.2) is 84.0 Å². The molecule has 0 bridgehead atoms. The molecule has 0 saturated heterocycles. The number of aryl methyl sites for hydroxylation is 2. The number of aromatic nitrogens is 2. The van der Waals surface area contributed by atoms with Crippen LogP contribution < -0.4 is 28.5 Å². The van der Waals surface area contributed by atoms with Gasteiger partial charge < -0.3 is 24.0 Å². The zero-order valence-electron chi connectivity index (χ0n) is 16.0. The zero-order chi connectivity index (χ0) is 19.7. The van der Waals surface area contributed by atoms with Crippen LogP contribution in [0.4, 0.5) is 0 Å². The third-order valence-corrected chi connectivity index (χ3v) is 6.32. The van der Waals surface area contributed by atoms with Crippen molar-refractivity contribution in [2.45, 2.75) is 11.8 Å². The average molecular weight is 514 g/mol. The number of halogens is 1. The van der Waals surface area contributed by atoms with Gasteiger partial charge in [-0.1, -0.05) is 41.8 Å². The van der Waals surface area contributed by atoms with Gasteiger partial charge in [0.2, 0.25) is 0 Å². The molecule has 0 unspecified atom stereocenters. The lowest BCUT2D eigenvalue weighted by Crippen LogP contribution is -3.00. The minimum absolute atomic E-state index is 0. The van der Waals surface area contributed by atoms with Crippen molar-refractivity contribution in [1.29, 1.82) is 0 Å². The molecule has 0 amide bonds. The molecule has 2 aromatic carbocycles. The fourth-order valence-electron chi connectivity index (χ4n) is 3.06. The Morgan fingerprint density at radius 2 is 1.59 bits per heavy atom. The highest BCUT2D eigenvalue weighted by atomic mass is 127. The van der Waals surface area contributed by atoms with Gasteiger partial charge in [-0.25, -0.2) is 12.4 Å². The van der Waals surface area contributed by atoms with Crippen LogP contribution >= 0.6 is 0 Å². The fourth-order valence-corrected chi connectivity index (χ4v) is 4.43. The van der Waals surface area contributed by atoms with E-state index < -0.39 is 10.0 Å². The van der Waals surface area contributed by atoms with E-state index in [-0.39, 0.29) is 28.9 Å². The highest BCUT2D eigenvalue weighted by Crippen LogP contribution is 2.25. The van der Waals surface area contributed by atoms with Crippen LogP contribution in [-0.4, -0.2) is 12.4 Å². The molecule has 4 rings (SSSR count). The Morgan fingerprint density at radius 1 is 0.897 bits per heavy atom. The van der Waals surface area contributed by atoms with Gasteiger partial charge in [-0.3, -0.25) is 0 Å². The summed E-state index contributed by atoms with van der Waals surface area (Å²) >= 11 is 0. The van der Waals surface area contributed by atoms with Gasteiger partial charge >= 0.3 is 0 Å². The molecule has 0 N–H and O–H groups in total. The van der Waals surface area contributed by atoms with Crippen molar-refractivity contribution in [1.82, 2.24) is 3.97 Å². The lowest BCUT2D eigenvalue weighted by atomic mass is 10.2. The highest BCUT2D eigenvalue weighted by Gasteiger charge is 2.20. The predicted octanol–water partition coefficient (Wildman–Crippen LogP) is 0.415. The maximum Gasteiger partial charge on any atom is 0.268 e. The van der Waals surface area contributed by atoms with Crippen LogP contribution in [0.1, 0.15) is 16.8 Å². The number of hydrogen-bond acceptors (Lipinski definition) is 2. The van der Waals surface area contributed by atoms with Crippen LogP contribution in [0.25, 0.3) is 10.9 Å². The van der Waals surface area contributed by atoms with Crippen molar-refractivity contribution in [3.63, 3.8) is 0 Å². The van der Waals surface area contributed by atoms with Gasteiger partial charge in [-0.05, 0) is 31.2 Å². The lowest BCUT2D eigenvalue weighted by Gasteiger charge is -2.07. The summed E-state index contributed by atoms with van der Waals surface area (Å²) in [4.78, 5) is 0.257. The van der Waals surface area contributed by atoms with Crippen molar-refractivity contribution in [2.75, 3.05) is 0 Å². The summed E-state index contributed by atoms with van der Waals surface area (Å²) < 4.78 is 29.7. The molecule has 4 aromatic rings. The molecule has 0 saturated carbocycles. The first kappa shape index (κ1) is 21.1. The van der Waals surface area contributed by atoms with E-state index in [0.29, 0.717) is 11.1 Å². The van der Waals surface area contributed by atoms with E-state index in [9.17, 15) is 8.42 Å². The first-order valence-electron chi connectivity index (χ1n) is 8.86. The Balaban J connectivity index is 0.00000240. The van der Waals surface area contributed by atoms with E-state index in [1.807, 2.05) is 61.1 Å². The normalized spacial score (nSPS) is 10.8. The Bertz CT molecular complexity index is 1350. The van der Waals surface area contributed by atoms with Crippen molar-refractivity contribution >= 4 is 20.9 Å². The average Bonchev–Trinajstić information content (AvgIpc) is 3.07. The minimum atomic E-state index is -3.71. The second-order valence-electron chi connectivity index (χ2n) is 6.62. The minimum Gasteiger partial charge on any atom is -1.00 e. The van der Waals surface area contributed by atoms with Crippen LogP contribution in [0.3, 0.4) is 0 Å². The molecule has 0 atom stereocenters. The second-order valence-corrected chi connectivity index (χ2v) is 8.44. The van der Waals surface area contributed by atoms with E-state index in [4.69, 9.17) is 0 Å². The third kappa shape index (κ3) is 4.07. The number of benzene rings is 2. The Morgan fingerprint density at radius 3 is 2.31 bits per heavy atom. The molecule has 0 fully saturated rings. The van der Waals surface area contributed by atoms with Crippen LogP contribution in [0.2, 0.25) is 0 Å². The van der Waals surface area contributed by atoms with Gasteiger partial charge in [0.05, 0.1) is 16.0 Å². The van der Waals surface area contributed by atoms with Gasteiger partial charge in [-0.15, -0.1) is 0 Å². The van der Waals surface area contributed by atoms with E-state index >= 15 is 0 Å². The first-order chi connectivity index (χ1) is 13.5. The van der Waals surface area contributed by atoms with E-state index in [2.05, 4.69) is 11.8 Å². The summed E-state index contributed by atoms with van der Waals surface area (Å²) in [5.41, 5.74) is 3.15. The number of pyridine rings is 1. The topological polar surface area (TPSA) is 43.0 Å². The smallest absolute Gasteiger partial charge is 0.268 e. The van der Waals surface area contributed by atoms with Gasteiger partial charge in [-0.2, -0.15) is 4.57 Å². The summed E-state index contributed by atoms with van der Waals surface area (Å²) in [5.74, 6) is 6.28. The zero-order valence-corrected chi connectivity index (χ0v) is 19.0. The van der Waals surface area contributed by atoms with Crippen molar-refractivity contribution < 1.29 is 37.0 Å². The number of nitrogens with zero attached hydrogens (tertiary/aromatic N) is 2. The standard InChI is InChI=1S/C23H19N2O2S.HI/c1-18-10-14-21(15-11-18)28(26,27)25-17-19(22-8-3-4-9-23(22)25)12-13-20-7-5-6-16-24(20)2;/h3-11,14-17H,1-2H3;1H/q+1;/p-1. The van der Waals surface area contributed by atoms with Crippen LogP contribution in [0.5, 0.6) is 0 Å². The molecule has 0 radical (unpaired) electrons. The molecule has 29 heavy (non-hydrogen) atoms. The second kappa shape index (κ2) is 8.39. The Hall–Kier alpha value is -2.63. The van der Waals surface area contributed by atoms with Gasteiger partial charge in [0, 0.05) is 29.6 Å². The molecule has 146 valence electrons. The molecule has 0 aliphatic heterocycles. The molecule has 0 aliphatic carbocycles. The molecule has 2 aromatic heterocycles. The van der Waals surface area contributed by atoms with Crippen molar-refractivity contribution in [2.24, 2.45) is 7.05 Å². The van der Waals surface area contributed by atoms with Gasteiger partial charge in [0.15, 0.2) is 6.20 Å². The molecule has 2 heterocycles. The van der Waals surface area contributed by atoms with Crippen LogP contribution in [0, 0.1) is 18.8 Å². The SMILES string of the molecule is Cc1ccc(S(=O)(=O)n2cc(C#Cc3cccc[n+]3C)c3ccccc32)cc1.[I-]. The summed E-state index contributed by atoms with van der Waals surface area (Å²) in [6.45, 7) is 1.93. The third-order valence-electron chi connectivity index (χ3n) is 4.64. The number of rotatable bonds is 2. The Labute approximate surface area is 187 Å². The van der Waals surface area contributed by atoms with Gasteiger partial charge in [0.25, 0.3) is 15.7 Å². The largest absolute Gasteiger partial charge is 1.00 e. The molecular weight excluding hydrogens is 495 g/mol. The summed E-state index contributed by atoms with van der Waals surface area (Å²) in [6.07, 6.45) is 3.53. The summed E-state index contributed by atoms with van der Waals surface area (Å²) in [6, 6.07) is 20.1. The van der Waals surface area contributed by atoms with Gasteiger partial charge in [0.1, 0.15) is 7.05 Å². The number of hydrogen-bond donors (Lipinski definition) is 0. The fraction of sp³-hybridized carbons (Fsp3) is 0.0870. The molecule has 0 aliphatic rings. The molecular formula is C23H19IN2O2S. The van der Waals surface area contributed by atoms with Crippen molar-refractivity contribution in [3.05, 3.63) is 95.9 Å². The number of fused-ring (bicyclic) bond motifs is 1. The van der Waals surface area contributed by atoms with E-state index in [1.165, 1.54) is 3.97 Å². The lowest BCUT2D eigenvalue weighted by molar-refractivity contribution is -0.673.